The van der Waals surface area contributed by atoms with E-state index in [0.717, 1.165) is 25.9 Å². The van der Waals surface area contributed by atoms with Gasteiger partial charge in [0, 0.05) is 19.1 Å². The van der Waals surface area contributed by atoms with Crippen LogP contribution in [0.25, 0.3) is 0 Å². The molecule has 1 aromatic rings. The van der Waals surface area contributed by atoms with Crippen molar-refractivity contribution in [1.82, 2.24) is 14.9 Å². The number of aromatic nitrogens is 2. The van der Waals surface area contributed by atoms with E-state index < -0.39 is 4.92 Å². The van der Waals surface area contributed by atoms with E-state index in [1.54, 1.807) is 0 Å². The number of rotatable bonds is 5. The number of hydrogen-bond donors (Lipinski definition) is 2. The van der Waals surface area contributed by atoms with E-state index in [1.165, 1.54) is 6.20 Å². The smallest absolute Gasteiger partial charge is 0.329 e. The number of likely N-dealkylation sites (tertiary alicyclic amines) is 1. The molecule has 0 aliphatic carbocycles. The van der Waals surface area contributed by atoms with E-state index in [2.05, 4.69) is 25.5 Å². The summed E-state index contributed by atoms with van der Waals surface area (Å²) in [5.74, 6) is 0.700. The van der Waals surface area contributed by atoms with E-state index in [-0.39, 0.29) is 11.7 Å². The number of anilines is 2. The predicted molar refractivity (Wildman–Crippen MR) is 77.0 cm³/mol. The Kier molecular flexibility index (Phi) is 4.67. The third kappa shape index (κ3) is 3.53. The van der Waals surface area contributed by atoms with Gasteiger partial charge in [-0.05, 0) is 33.4 Å². The van der Waals surface area contributed by atoms with Crippen molar-refractivity contribution in [2.75, 3.05) is 37.3 Å². The van der Waals surface area contributed by atoms with Gasteiger partial charge in [-0.25, -0.2) is 4.98 Å². The van der Waals surface area contributed by atoms with Crippen LogP contribution >= 0.6 is 0 Å². The molecule has 1 fully saturated rings. The summed E-state index contributed by atoms with van der Waals surface area (Å²) in [6.45, 7) is 4.52. The number of hydrogen-bond acceptors (Lipinski definition) is 7. The normalized spacial score (nSPS) is 19.6. The summed E-state index contributed by atoms with van der Waals surface area (Å²) in [4.78, 5) is 21.0. The molecule has 2 N–H and O–H groups in total. The van der Waals surface area contributed by atoms with Crippen molar-refractivity contribution < 1.29 is 4.92 Å². The second-order valence-corrected chi connectivity index (χ2v) is 4.96. The maximum Gasteiger partial charge on any atom is 0.329 e. The van der Waals surface area contributed by atoms with Crippen LogP contribution in [0.1, 0.15) is 19.8 Å². The van der Waals surface area contributed by atoms with E-state index in [4.69, 9.17) is 0 Å². The van der Waals surface area contributed by atoms with Crippen LogP contribution in [0.5, 0.6) is 0 Å². The monoisotopic (exact) mass is 280 g/mol. The van der Waals surface area contributed by atoms with Gasteiger partial charge in [0.1, 0.15) is 6.20 Å². The van der Waals surface area contributed by atoms with Gasteiger partial charge < -0.3 is 15.5 Å². The Bertz CT molecular complexity index is 481. The highest BCUT2D eigenvalue weighted by Crippen LogP contribution is 2.24. The first kappa shape index (κ1) is 14.4. The van der Waals surface area contributed by atoms with E-state index in [1.807, 2.05) is 14.0 Å². The second-order valence-electron chi connectivity index (χ2n) is 4.96. The molecule has 1 atom stereocenters. The molecule has 0 bridgehead atoms. The van der Waals surface area contributed by atoms with Gasteiger partial charge in [-0.3, -0.25) is 10.1 Å². The van der Waals surface area contributed by atoms with Gasteiger partial charge in [-0.1, -0.05) is 0 Å². The maximum atomic E-state index is 11.1. The van der Waals surface area contributed by atoms with Crippen molar-refractivity contribution >= 4 is 17.5 Å². The minimum atomic E-state index is -0.454. The van der Waals surface area contributed by atoms with Gasteiger partial charge in [0.2, 0.25) is 11.8 Å². The molecule has 20 heavy (non-hydrogen) atoms. The van der Waals surface area contributed by atoms with Crippen molar-refractivity contribution in [1.29, 1.82) is 0 Å². The molecule has 0 amide bonds. The van der Waals surface area contributed by atoms with Crippen molar-refractivity contribution in [3.8, 4) is 0 Å². The molecule has 8 heteroatoms. The van der Waals surface area contributed by atoms with Crippen LogP contribution < -0.4 is 10.6 Å². The summed E-state index contributed by atoms with van der Waals surface area (Å²) < 4.78 is 0. The Balaban J connectivity index is 2.18. The molecular formula is C12H20N6O2. The molecule has 2 rings (SSSR count). The minimum Gasteiger partial charge on any atom is -0.360 e. The highest BCUT2D eigenvalue weighted by Gasteiger charge is 2.23. The number of likely N-dealkylation sites (N-methyl/N-ethyl adjacent to an activating group) is 1. The van der Waals surface area contributed by atoms with Crippen molar-refractivity contribution in [3.05, 3.63) is 16.3 Å². The number of nitrogens with zero attached hydrogens (tertiary/aromatic N) is 4. The lowest BCUT2D eigenvalue weighted by Gasteiger charge is -2.30. The minimum absolute atomic E-state index is 0.0834. The maximum absolute atomic E-state index is 11.1. The van der Waals surface area contributed by atoms with Gasteiger partial charge >= 0.3 is 5.69 Å². The third-order valence-electron chi connectivity index (χ3n) is 3.27. The summed E-state index contributed by atoms with van der Waals surface area (Å²) in [7, 11) is 2.05. The van der Waals surface area contributed by atoms with Crippen molar-refractivity contribution in [3.63, 3.8) is 0 Å². The molecular weight excluding hydrogens is 260 g/mol. The summed E-state index contributed by atoms with van der Waals surface area (Å²) >= 11 is 0. The van der Waals surface area contributed by atoms with Gasteiger partial charge in [0.05, 0.1) is 4.92 Å². The summed E-state index contributed by atoms with van der Waals surface area (Å²) in [6.07, 6.45) is 3.31. The molecule has 1 unspecified atom stereocenters. The lowest BCUT2D eigenvalue weighted by Crippen LogP contribution is -2.40. The van der Waals surface area contributed by atoms with Gasteiger partial charge in [0.25, 0.3) is 0 Å². The van der Waals surface area contributed by atoms with E-state index in [9.17, 15) is 10.1 Å². The quantitative estimate of drug-likeness (QED) is 0.620. The Morgan fingerprint density at radius 1 is 1.60 bits per heavy atom. The van der Waals surface area contributed by atoms with Gasteiger partial charge in [-0.2, -0.15) is 4.98 Å². The van der Waals surface area contributed by atoms with E-state index >= 15 is 0 Å². The van der Waals surface area contributed by atoms with Gasteiger partial charge in [0.15, 0.2) is 0 Å². The first-order chi connectivity index (χ1) is 9.60. The first-order valence-corrected chi connectivity index (χ1v) is 6.80. The molecule has 8 nitrogen and oxygen atoms in total. The van der Waals surface area contributed by atoms with Crippen LogP contribution in [0, 0.1) is 10.1 Å². The van der Waals surface area contributed by atoms with Crippen LogP contribution in [0.4, 0.5) is 17.5 Å². The standard InChI is InChI=1S/C12H20N6O2/c1-3-13-12-14-7-10(18(19)20)11(16-12)15-9-5-4-6-17(2)8-9/h7,9H,3-6,8H2,1-2H3,(H2,13,14,15,16). The fourth-order valence-electron chi connectivity index (χ4n) is 2.34. The van der Waals surface area contributed by atoms with Crippen molar-refractivity contribution in [2.24, 2.45) is 0 Å². The molecule has 0 spiro atoms. The number of nitro groups is 1. The molecule has 1 aromatic heterocycles. The first-order valence-electron chi connectivity index (χ1n) is 6.80. The highest BCUT2D eigenvalue weighted by atomic mass is 16.6. The van der Waals surface area contributed by atoms with Crippen LogP contribution in [-0.4, -0.2) is 52.5 Å². The number of nitrogens with one attached hydrogen (secondary N) is 2. The lowest BCUT2D eigenvalue weighted by atomic mass is 10.1. The molecule has 0 radical (unpaired) electrons. The molecule has 110 valence electrons. The third-order valence-corrected chi connectivity index (χ3v) is 3.27. The lowest BCUT2D eigenvalue weighted by molar-refractivity contribution is -0.384. The Morgan fingerprint density at radius 2 is 2.40 bits per heavy atom. The van der Waals surface area contributed by atoms with Crippen molar-refractivity contribution in [2.45, 2.75) is 25.8 Å². The average molecular weight is 280 g/mol. The molecule has 1 aliphatic rings. The molecule has 1 saturated heterocycles. The SMILES string of the molecule is CCNc1ncc([N+](=O)[O-])c(NC2CCCN(C)C2)n1. The van der Waals surface area contributed by atoms with Crippen LogP contribution in [0.3, 0.4) is 0 Å². The van der Waals surface area contributed by atoms with E-state index in [0.29, 0.717) is 18.3 Å². The fourth-order valence-corrected chi connectivity index (χ4v) is 2.34. The van der Waals surface area contributed by atoms with Gasteiger partial charge in [-0.15, -0.1) is 0 Å². The zero-order valence-electron chi connectivity index (χ0n) is 11.8. The summed E-state index contributed by atoms with van der Waals surface area (Å²) in [5, 5.41) is 17.2. The fraction of sp³-hybridized carbons (Fsp3) is 0.667. The van der Waals surface area contributed by atoms with Crippen LogP contribution in [0.2, 0.25) is 0 Å². The molecule has 1 aliphatic heterocycles. The zero-order valence-corrected chi connectivity index (χ0v) is 11.8. The Morgan fingerprint density at radius 3 is 3.05 bits per heavy atom. The highest BCUT2D eigenvalue weighted by molar-refractivity contribution is 5.57. The zero-order chi connectivity index (χ0) is 14.5. The van der Waals surface area contributed by atoms with Crippen LogP contribution in [-0.2, 0) is 0 Å². The number of piperidine rings is 1. The molecule has 0 aromatic carbocycles. The topological polar surface area (TPSA) is 96.2 Å². The Hall–Kier alpha value is -1.96. The largest absolute Gasteiger partial charge is 0.360 e. The molecule has 0 saturated carbocycles. The predicted octanol–water partition coefficient (Wildman–Crippen LogP) is 1.32. The summed E-state index contributed by atoms with van der Waals surface area (Å²) in [6, 6.07) is 0.178. The second kappa shape index (κ2) is 6.47. The van der Waals surface area contributed by atoms with Crippen LogP contribution in [0.15, 0.2) is 6.20 Å². The Labute approximate surface area is 117 Å². The molecule has 2 heterocycles. The average Bonchev–Trinajstić information content (AvgIpc) is 2.39. The summed E-state index contributed by atoms with van der Waals surface area (Å²) in [5.41, 5.74) is -0.0834.